The maximum Gasteiger partial charge on any atom is 0.261 e. The van der Waals surface area contributed by atoms with Crippen molar-refractivity contribution in [1.29, 1.82) is 0 Å². The van der Waals surface area contributed by atoms with Crippen LogP contribution in [0.3, 0.4) is 0 Å². The SMILES string of the molecule is CC(C)(C)[Si](OCCC1(CCN2C(=O)c3ccccc3C2=O)CCCCC1)(c1ccccc1)c1ccccc1. The van der Waals surface area contributed by atoms with Gasteiger partial charge in [0, 0.05) is 13.2 Å². The Balaban J connectivity index is 1.37. The number of nitrogens with zero attached hydrogens (tertiary/aromatic N) is 1. The van der Waals surface area contributed by atoms with E-state index in [1.54, 1.807) is 12.1 Å². The van der Waals surface area contributed by atoms with Crippen LogP contribution < -0.4 is 10.4 Å². The first-order chi connectivity index (χ1) is 18.8. The zero-order chi connectivity index (χ0) is 27.5. The third-order valence-corrected chi connectivity index (χ3v) is 14.1. The van der Waals surface area contributed by atoms with Gasteiger partial charge in [0.15, 0.2) is 0 Å². The predicted molar refractivity (Wildman–Crippen MR) is 160 cm³/mol. The summed E-state index contributed by atoms with van der Waals surface area (Å²) in [6, 6.07) is 28.8. The van der Waals surface area contributed by atoms with Gasteiger partial charge in [0.25, 0.3) is 20.1 Å². The zero-order valence-corrected chi connectivity index (χ0v) is 24.6. The van der Waals surface area contributed by atoms with E-state index in [0.717, 1.165) is 25.7 Å². The largest absolute Gasteiger partial charge is 0.407 e. The molecule has 5 rings (SSSR count). The number of fused-ring (bicyclic) bond motifs is 1. The summed E-state index contributed by atoms with van der Waals surface area (Å²) in [7, 11) is -2.60. The van der Waals surface area contributed by atoms with E-state index < -0.39 is 8.32 Å². The monoisotopic (exact) mass is 539 g/mol. The van der Waals surface area contributed by atoms with Crippen LogP contribution in [0.1, 0.15) is 86.4 Å². The zero-order valence-electron chi connectivity index (χ0n) is 23.6. The van der Waals surface area contributed by atoms with Crippen molar-refractivity contribution >= 4 is 30.5 Å². The minimum absolute atomic E-state index is 0.0599. The molecule has 1 fully saturated rings. The molecule has 5 heteroatoms. The van der Waals surface area contributed by atoms with Crippen molar-refractivity contribution in [2.45, 2.75) is 70.8 Å². The first kappa shape index (κ1) is 27.5. The molecule has 1 saturated carbocycles. The lowest BCUT2D eigenvalue weighted by molar-refractivity contribution is 0.0588. The molecule has 4 nitrogen and oxygen atoms in total. The quantitative estimate of drug-likeness (QED) is 0.228. The minimum atomic E-state index is -2.60. The highest BCUT2D eigenvalue weighted by Crippen LogP contribution is 2.44. The van der Waals surface area contributed by atoms with Crippen LogP contribution >= 0.6 is 0 Å². The predicted octanol–water partition coefficient (Wildman–Crippen LogP) is 6.59. The lowest BCUT2D eigenvalue weighted by Crippen LogP contribution is -2.66. The Morgan fingerprint density at radius 2 is 1.21 bits per heavy atom. The molecule has 0 N–H and O–H groups in total. The van der Waals surface area contributed by atoms with Crippen molar-refractivity contribution in [1.82, 2.24) is 4.90 Å². The van der Waals surface area contributed by atoms with Gasteiger partial charge in [-0.2, -0.15) is 0 Å². The highest BCUT2D eigenvalue weighted by molar-refractivity contribution is 6.99. The fraction of sp³-hybridized carbons (Fsp3) is 0.412. The summed E-state index contributed by atoms with van der Waals surface area (Å²) < 4.78 is 7.25. The van der Waals surface area contributed by atoms with Gasteiger partial charge in [-0.25, -0.2) is 0 Å². The van der Waals surface area contributed by atoms with Gasteiger partial charge in [0.2, 0.25) is 0 Å². The summed E-state index contributed by atoms with van der Waals surface area (Å²) in [5, 5.41) is 2.54. The van der Waals surface area contributed by atoms with E-state index in [9.17, 15) is 9.59 Å². The third kappa shape index (κ3) is 5.27. The van der Waals surface area contributed by atoms with E-state index in [4.69, 9.17) is 4.43 Å². The van der Waals surface area contributed by atoms with Crippen LogP contribution in [0.5, 0.6) is 0 Å². The average molecular weight is 540 g/mol. The Labute approximate surface area is 234 Å². The van der Waals surface area contributed by atoms with E-state index in [0.29, 0.717) is 24.3 Å². The van der Waals surface area contributed by atoms with E-state index in [1.807, 2.05) is 12.1 Å². The van der Waals surface area contributed by atoms with E-state index >= 15 is 0 Å². The molecule has 2 amide bonds. The number of hydrogen-bond acceptors (Lipinski definition) is 3. The van der Waals surface area contributed by atoms with E-state index in [-0.39, 0.29) is 22.3 Å². The van der Waals surface area contributed by atoms with Gasteiger partial charge in [0.1, 0.15) is 0 Å². The van der Waals surface area contributed by atoms with Crippen molar-refractivity contribution in [3.63, 3.8) is 0 Å². The van der Waals surface area contributed by atoms with E-state index in [1.165, 1.54) is 34.5 Å². The molecule has 1 heterocycles. The lowest BCUT2D eigenvalue weighted by Gasteiger charge is -2.44. The van der Waals surface area contributed by atoms with Crippen molar-refractivity contribution in [3.05, 3.63) is 96.1 Å². The Kier molecular flexibility index (Phi) is 7.93. The molecular formula is C34H41NO3Si. The number of rotatable bonds is 9. The molecule has 0 spiro atoms. The second kappa shape index (κ2) is 11.2. The molecular weight excluding hydrogens is 498 g/mol. The normalized spacial score (nSPS) is 17.4. The number of carbonyl (C=O) groups excluding carboxylic acids is 2. The summed E-state index contributed by atoms with van der Waals surface area (Å²) in [4.78, 5) is 27.6. The standard InChI is InChI=1S/C34H41NO3Si/c1-33(2,3)39(27-15-7-4-8-16-27,28-17-9-5-10-18-28)38-26-24-34(21-13-6-14-22-34)23-25-35-31(36)29-19-11-12-20-30(29)32(35)37/h4-5,7-12,15-20H,6,13-14,21-26H2,1-3H3. The van der Waals surface area contributed by atoms with Crippen molar-refractivity contribution in [3.8, 4) is 0 Å². The molecule has 0 radical (unpaired) electrons. The number of hydrogen-bond donors (Lipinski definition) is 0. The molecule has 204 valence electrons. The smallest absolute Gasteiger partial charge is 0.261 e. The number of benzene rings is 3. The fourth-order valence-electron chi connectivity index (χ4n) is 6.90. The summed E-state index contributed by atoms with van der Waals surface area (Å²) >= 11 is 0. The Morgan fingerprint density at radius 1 is 0.718 bits per heavy atom. The number of amides is 2. The second-order valence-corrected chi connectivity index (χ2v) is 16.7. The van der Waals surface area contributed by atoms with Crippen molar-refractivity contribution in [2.24, 2.45) is 5.41 Å². The van der Waals surface area contributed by atoms with Crippen molar-refractivity contribution in [2.75, 3.05) is 13.2 Å². The molecule has 3 aromatic carbocycles. The first-order valence-electron chi connectivity index (χ1n) is 14.5. The molecule has 0 unspecified atom stereocenters. The number of carbonyl (C=O) groups is 2. The maximum atomic E-state index is 13.0. The first-order valence-corrected chi connectivity index (χ1v) is 16.4. The van der Waals surface area contributed by atoms with Gasteiger partial charge in [-0.1, -0.05) is 113 Å². The second-order valence-electron chi connectivity index (χ2n) is 12.4. The Bertz CT molecular complexity index is 1220. The average Bonchev–Trinajstić information content (AvgIpc) is 3.20. The summed E-state index contributed by atoms with van der Waals surface area (Å²) in [6.07, 6.45) is 7.68. The molecule has 3 aromatic rings. The summed E-state index contributed by atoms with van der Waals surface area (Å²) in [5.41, 5.74) is 1.16. The lowest BCUT2D eigenvalue weighted by atomic mass is 9.70. The van der Waals surface area contributed by atoms with Crippen LogP contribution in [-0.2, 0) is 4.43 Å². The van der Waals surface area contributed by atoms with Crippen molar-refractivity contribution < 1.29 is 14.0 Å². The highest BCUT2D eigenvalue weighted by atomic mass is 28.4. The van der Waals surface area contributed by atoms with Gasteiger partial charge < -0.3 is 4.43 Å². The van der Waals surface area contributed by atoms with E-state index in [2.05, 4.69) is 81.4 Å². The third-order valence-electron chi connectivity index (χ3n) is 9.03. The van der Waals surface area contributed by atoms with Gasteiger partial charge >= 0.3 is 0 Å². The summed E-state index contributed by atoms with van der Waals surface area (Å²) in [6.45, 7) is 8.11. The summed E-state index contributed by atoms with van der Waals surface area (Å²) in [5.74, 6) is -0.296. The molecule has 0 bridgehead atoms. The molecule has 1 aliphatic heterocycles. The molecule has 39 heavy (non-hydrogen) atoms. The van der Waals surface area contributed by atoms with Crippen LogP contribution in [0.2, 0.25) is 5.04 Å². The Morgan fingerprint density at radius 3 is 1.69 bits per heavy atom. The topological polar surface area (TPSA) is 46.6 Å². The van der Waals surface area contributed by atoms with Crippen LogP contribution in [0, 0.1) is 5.41 Å². The molecule has 0 aromatic heterocycles. The molecule has 0 atom stereocenters. The molecule has 1 aliphatic carbocycles. The maximum absolute atomic E-state index is 13.0. The van der Waals surface area contributed by atoms with Crippen LogP contribution in [0.15, 0.2) is 84.9 Å². The highest BCUT2D eigenvalue weighted by Gasteiger charge is 2.50. The fourth-order valence-corrected chi connectivity index (χ4v) is 11.5. The van der Waals surface area contributed by atoms with Gasteiger partial charge in [-0.15, -0.1) is 0 Å². The number of imide groups is 1. The van der Waals surface area contributed by atoms with Crippen LogP contribution in [0.4, 0.5) is 0 Å². The van der Waals surface area contributed by atoms with Gasteiger partial charge in [-0.3, -0.25) is 14.5 Å². The van der Waals surface area contributed by atoms with Gasteiger partial charge in [-0.05, 0) is 58.6 Å². The molecule has 0 saturated heterocycles. The van der Waals surface area contributed by atoms with Crippen LogP contribution in [0.25, 0.3) is 0 Å². The van der Waals surface area contributed by atoms with Gasteiger partial charge in [0.05, 0.1) is 11.1 Å². The minimum Gasteiger partial charge on any atom is -0.407 e. The Hall–Kier alpha value is -3.02. The molecule has 2 aliphatic rings. The van der Waals surface area contributed by atoms with Crippen LogP contribution in [-0.4, -0.2) is 38.2 Å².